The van der Waals surface area contributed by atoms with Crippen LogP contribution < -0.4 is 5.32 Å². The molecule has 2 aromatic heterocycles. The molecule has 3 heterocycles. The lowest BCUT2D eigenvalue weighted by Gasteiger charge is -2.22. The largest absolute Gasteiger partial charge is 0.384 e. The van der Waals surface area contributed by atoms with Crippen LogP contribution in [0.25, 0.3) is 11.1 Å². The van der Waals surface area contributed by atoms with Crippen molar-refractivity contribution in [2.45, 2.75) is 38.3 Å². The number of carbonyl (C=O) groups is 1. The van der Waals surface area contributed by atoms with Crippen LogP contribution in [-0.4, -0.2) is 50.5 Å². The third-order valence-corrected chi connectivity index (χ3v) is 5.90. The van der Waals surface area contributed by atoms with Gasteiger partial charge in [-0.25, -0.2) is 0 Å². The summed E-state index contributed by atoms with van der Waals surface area (Å²) in [6, 6.07) is 15.4. The molecular weight excluding hydrogens is 428 g/mol. The average Bonchev–Trinajstić information content (AvgIpc) is 3.70. The summed E-state index contributed by atoms with van der Waals surface area (Å²) in [6.07, 6.45) is 7.49. The molecule has 0 bridgehead atoms. The summed E-state index contributed by atoms with van der Waals surface area (Å²) in [5.74, 6) is -0.303. The van der Waals surface area contributed by atoms with E-state index in [1.165, 1.54) is 12.8 Å². The van der Waals surface area contributed by atoms with E-state index >= 15 is 0 Å². The summed E-state index contributed by atoms with van der Waals surface area (Å²) in [5, 5.41) is 21.5. The predicted molar refractivity (Wildman–Crippen MR) is 132 cm³/mol. The molecule has 2 N–H and O–H groups in total. The first-order valence-electron chi connectivity index (χ1n) is 11.3. The fourth-order valence-electron chi connectivity index (χ4n) is 3.82. The summed E-state index contributed by atoms with van der Waals surface area (Å²) in [7, 11) is 0. The van der Waals surface area contributed by atoms with Gasteiger partial charge in [0.25, 0.3) is 5.91 Å². The Balaban J connectivity index is 1.31. The van der Waals surface area contributed by atoms with Crippen molar-refractivity contribution in [1.82, 2.24) is 14.9 Å². The lowest BCUT2D eigenvalue weighted by Crippen LogP contribution is -2.33. The van der Waals surface area contributed by atoms with Gasteiger partial charge in [-0.15, -0.1) is 5.10 Å². The van der Waals surface area contributed by atoms with E-state index in [9.17, 15) is 9.90 Å². The summed E-state index contributed by atoms with van der Waals surface area (Å²) in [5.41, 5.74) is 4.00. The third kappa shape index (κ3) is 4.87. The van der Waals surface area contributed by atoms with Crippen LogP contribution in [0.3, 0.4) is 0 Å². The van der Waals surface area contributed by atoms with Crippen molar-refractivity contribution in [3.05, 3.63) is 77.9 Å². The van der Waals surface area contributed by atoms with Crippen molar-refractivity contribution in [2.24, 2.45) is 10.2 Å². The molecule has 5 rings (SSSR count). The van der Waals surface area contributed by atoms with E-state index in [0.717, 1.165) is 28.9 Å². The van der Waals surface area contributed by atoms with Crippen LogP contribution in [-0.2, 0) is 5.60 Å². The number of benzene rings is 1. The minimum absolute atomic E-state index is 0.300. The van der Waals surface area contributed by atoms with Gasteiger partial charge >= 0.3 is 0 Å². The fraction of sp³-hybridized carbons (Fsp3) is 0.269. The van der Waals surface area contributed by atoms with Crippen LogP contribution in [0.1, 0.15) is 48.4 Å². The van der Waals surface area contributed by atoms with Gasteiger partial charge in [0, 0.05) is 35.2 Å². The Morgan fingerprint density at radius 2 is 1.91 bits per heavy atom. The Morgan fingerprint density at radius 3 is 2.65 bits per heavy atom. The number of hydrogen-bond acceptors (Lipinski definition) is 7. The van der Waals surface area contributed by atoms with Gasteiger partial charge in [-0.1, -0.05) is 18.2 Å². The fourth-order valence-corrected chi connectivity index (χ4v) is 3.82. The van der Waals surface area contributed by atoms with Gasteiger partial charge in [0.2, 0.25) is 0 Å². The van der Waals surface area contributed by atoms with E-state index in [2.05, 4.69) is 30.4 Å². The molecule has 1 saturated carbocycles. The molecule has 8 nitrogen and oxygen atoms in total. The third-order valence-electron chi connectivity index (χ3n) is 5.90. The molecule has 34 heavy (non-hydrogen) atoms. The molecular formula is C26H26N6O2. The standard InChI is InChI=1S/C26H26N6O2/c1-26(2,34)24-9-6-19(14-28-24)17-10-11-27-22(13-17)25(33)30-20-5-3-4-18(12-20)23-15-32(16-29-31-23)21-7-8-21/h3-6,9-14,16,21,34H,7-8,15H2,1-2H3,(H,30,33). The molecule has 0 saturated heterocycles. The second-order valence-electron chi connectivity index (χ2n) is 9.14. The Morgan fingerprint density at radius 1 is 1.06 bits per heavy atom. The number of pyridine rings is 2. The van der Waals surface area contributed by atoms with Crippen molar-refractivity contribution in [3.8, 4) is 11.1 Å². The number of carbonyl (C=O) groups excluding carboxylic acids is 1. The zero-order valence-corrected chi connectivity index (χ0v) is 19.1. The van der Waals surface area contributed by atoms with Gasteiger partial charge in [-0.05, 0) is 62.6 Å². The van der Waals surface area contributed by atoms with Crippen molar-refractivity contribution < 1.29 is 9.90 Å². The van der Waals surface area contributed by atoms with E-state index in [1.54, 1.807) is 44.7 Å². The first-order valence-corrected chi connectivity index (χ1v) is 11.3. The van der Waals surface area contributed by atoms with Crippen molar-refractivity contribution in [1.29, 1.82) is 0 Å². The summed E-state index contributed by atoms with van der Waals surface area (Å²) < 4.78 is 0. The van der Waals surface area contributed by atoms with Crippen LogP contribution in [0.15, 0.2) is 71.1 Å². The molecule has 0 spiro atoms. The Hall–Kier alpha value is -3.91. The van der Waals surface area contributed by atoms with E-state index in [1.807, 2.05) is 36.4 Å². The summed E-state index contributed by atoms with van der Waals surface area (Å²) >= 11 is 0. The van der Waals surface area contributed by atoms with E-state index in [4.69, 9.17) is 0 Å². The highest BCUT2D eigenvalue weighted by Gasteiger charge is 2.29. The van der Waals surface area contributed by atoms with E-state index in [0.29, 0.717) is 23.1 Å². The molecule has 1 amide bonds. The van der Waals surface area contributed by atoms with Crippen LogP contribution in [0.2, 0.25) is 0 Å². The Labute approximate surface area is 198 Å². The van der Waals surface area contributed by atoms with Crippen molar-refractivity contribution >= 4 is 23.6 Å². The Kier molecular flexibility index (Phi) is 5.67. The predicted octanol–water partition coefficient (Wildman–Crippen LogP) is 3.83. The molecule has 172 valence electrons. The zero-order valence-electron chi connectivity index (χ0n) is 19.1. The highest BCUT2D eigenvalue weighted by molar-refractivity contribution is 6.07. The number of rotatable bonds is 6. The van der Waals surface area contributed by atoms with Crippen LogP contribution >= 0.6 is 0 Å². The minimum Gasteiger partial charge on any atom is -0.384 e. The first-order chi connectivity index (χ1) is 16.4. The Bertz CT molecular complexity index is 1270. The molecule has 1 aromatic carbocycles. The van der Waals surface area contributed by atoms with Gasteiger partial charge in [-0.2, -0.15) is 5.10 Å². The zero-order chi connectivity index (χ0) is 23.7. The molecule has 2 aliphatic rings. The molecule has 8 heteroatoms. The maximum Gasteiger partial charge on any atom is 0.274 e. The molecule has 0 radical (unpaired) electrons. The number of anilines is 1. The second-order valence-corrected chi connectivity index (χ2v) is 9.14. The lowest BCUT2D eigenvalue weighted by atomic mass is 10.0. The smallest absolute Gasteiger partial charge is 0.274 e. The van der Waals surface area contributed by atoms with Crippen LogP contribution in [0, 0.1) is 0 Å². The number of nitrogens with one attached hydrogen (secondary N) is 1. The average molecular weight is 455 g/mol. The number of aliphatic hydroxyl groups is 1. The van der Waals surface area contributed by atoms with Gasteiger partial charge in [-0.3, -0.25) is 14.8 Å². The van der Waals surface area contributed by atoms with Gasteiger partial charge in [0.05, 0.1) is 18.0 Å². The summed E-state index contributed by atoms with van der Waals surface area (Å²) in [4.78, 5) is 23.7. The molecule has 1 fully saturated rings. The monoisotopic (exact) mass is 454 g/mol. The maximum absolute atomic E-state index is 12.9. The first kappa shape index (κ1) is 21.9. The number of amides is 1. The molecule has 3 aromatic rings. The molecule has 0 unspecified atom stereocenters. The molecule has 1 aliphatic carbocycles. The molecule has 1 aliphatic heterocycles. The van der Waals surface area contributed by atoms with E-state index < -0.39 is 5.60 Å². The topological polar surface area (TPSA) is 103 Å². The lowest BCUT2D eigenvalue weighted by molar-refractivity contribution is 0.0739. The number of nitrogens with zero attached hydrogens (tertiary/aromatic N) is 5. The second kappa shape index (κ2) is 8.79. The highest BCUT2D eigenvalue weighted by atomic mass is 16.3. The van der Waals surface area contributed by atoms with E-state index in [-0.39, 0.29) is 5.91 Å². The van der Waals surface area contributed by atoms with Crippen molar-refractivity contribution in [2.75, 3.05) is 11.9 Å². The quantitative estimate of drug-likeness (QED) is 0.589. The SMILES string of the molecule is CC(C)(O)c1ccc(-c2ccnc(C(=O)Nc3cccc(C4=NN=CN(C5CC5)C4)c3)c2)cn1. The van der Waals surface area contributed by atoms with Crippen LogP contribution in [0.5, 0.6) is 0 Å². The minimum atomic E-state index is -1.01. The van der Waals surface area contributed by atoms with Gasteiger partial charge in [0.1, 0.15) is 17.6 Å². The maximum atomic E-state index is 12.9. The number of hydrogen-bond donors (Lipinski definition) is 2. The molecule has 0 atom stereocenters. The normalized spacial score (nSPS) is 15.7. The van der Waals surface area contributed by atoms with Gasteiger partial charge in [0.15, 0.2) is 0 Å². The number of aromatic nitrogens is 2. The van der Waals surface area contributed by atoms with Crippen molar-refractivity contribution in [3.63, 3.8) is 0 Å². The van der Waals surface area contributed by atoms with Gasteiger partial charge < -0.3 is 15.3 Å². The summed E-state index contributed by atoms with van der Waals surface area (Å²) in [6.45, 7) is 4.10. The van der Waals surface area contributed by atoms with Crippen LogP contribution in [0.4, 0.5) is 5.69 Å². The highest BCUT2D eigenvalue weighted by Crippen LogP contribution is 2.27.